The van der Waals surface area contributed by atoms with Crippen molar-refractivity contribution < 1.29 is 4.79 Å². The first kappa shape index (κ1) is 10.1. The summed E-state index contributed by atoms with van der Waals surface area (Å²) in [6.45, 7) is 7.60. The summed E-state index contributed by atoms with van der Waals surface area (Å²) in [6.07, 6.45) is 3.02. The molecular weight excluding hydrogens is 138 g/mol. The smallest absolute Gasteiger partial charge is 0.154 e. The molecule has 0 aliphatic heterocycles. The molecule has 11 heavy (non-hydrogen) atoms. The van der Waals surface area contributed by atoms with Crippen molar-refractivity contribution in [2.45, 2.75) is 27.7 Å². The van der Waals surface area contributed by atoms with E-state index in [1.807, 2.05) is 6.92 Å². The molecule has 0 heterocycles. The Morgan fingerprint density at radius 3 is 2.27 bits per heavy atom. The van der Waals surface area contributed by atoms with Gasteiger partial charge in [0.2, 0.25) is 0 Å². The van der Waals surface area contributed by atoms with E-state index in [1.54, 1.807) is 6.20 Å². The van der Waals surface area contributed by atoms with Crippen LogP contribution >= 0.6 is 0 Å². The van der Waals surface area contributed by atoms with Gasteiger partial charge in [-0.2, -0.15) is 0 Å². The van der Waals surface area contributed by atoms with E-state index in [9.17, 15) is 4.79 Å². The number of hydrogen-bond acceptors (Lipinski definition) is 2. The number of carbonyl (C=O) groups excluding carboxylic acids is 1. The summed E-state index contributed by atoms with van der Waals surface area (Å²) in [4.78, 5) is 14.5. The Bertz CT molecular complexity index is 190. The van der Waals surface area contributed by atoms with E-state index in [1.165, 1.54) is 13.0 Å². The molecule has 0 aromatic rings. The maximum absolute atomic E-state index is 10.4. The lowest BCUT2D eigenvalue weighted by Gasteiger charge is -1.99. The van der Waals surface area contributed by atoms with Crippen molar-refractivity contribution >= 4 is 11.5 Å². The van der Waals surface area contributed by atoms with Crippen LogP contribution in [0.5, 0.6) is 0 Å². The first-order chi connectivity index (χ1) is 5.04. The van der Waals surface area contributed by atoms with Gasteiger partial charge in [0.15, 0.2) is 5.78 Å². The fourth-order valence-electron chi connectivity index (χ4n) is 0.409. The van der Waals surface area contributed by atoms with Crippen LogP contribution < -0.4 is 0 Å². The van der Waals surface area contributed by atoms with Gasteiger partial charge in [0.25, 0.3) is 0 Å². The van der Waals surface area contributed by atoms with Gasteiger partial charge in [-0.3, -0.25) is 9.79 Å². The van der Waals surface area contributed by atoms with Crippen molar-refractivity contribution in [3.63, 3.8) is 0 Å². The quantitative estimate of drug-likeness (QED) is 0.451. The Morgan fingerprint density at radius 2 is 1.91 bits per heavy atom. The molecule has 0 saturated heterocycles. The Labute approximate surface area is 68.0 Å². The lowest BCUT2D eigenvalue weighted by Crippen LogP contribution is -2.00. The van der Waals surface area contributed by atoms with E-state index in [4.69, 9.17) is 0 Å². The lowest BCUT2D eigenvalue weighted by molar-refractivity contribution is -0.112. The zero-order valence-corrected chi connectivity index (χ0v) is 7.59. The maximum Gasteiger partial charge on any atom is 0.154 e. The molecule has 62 valence electrons. The number of nitrogens with zero attached hydrogens (tertiary/aromatic N) is 1. The van der Waals surface area contributed by atoms with Crippen LogP contribution in [0.15, 0.2) is 17.3 Å². The van der Waals surface area contributed by atoms with Gasteiger partial charge in [-0.1, -0.05) is 13.8 Å². The lowest BCUT2D eigenvalue weighted by atomic mass is 10.1. The Hall–Kier alpha value is -0.920. The molecule has 0 aromatic carbocycles. The fourth-order valence-corrected chi connectivity index (χ4v) is 0.409. The van der Waals surface area contributed by atoms with Gasteiger partial charge in [-0.25, -0.2) is 0 Å². The molecule has 0 aliphatic carbocycles. The summed E-state index contributed by atoms with van der Waals surface area (Å²) in [7, 11) is 0. The number of allylic oxidation sites excluding steroid dienone is 1. The van der Waals surface area contributed by atoms with Gasteiger partial charge in [-0.05, 0) is 25.8 Å². The summed E-state index contributed by atoms with van der Waals surface area (Å²) in [5, 5.41) is 0. The molecule has 2 nitrogen and oxygen atoms in total. The molecule has 0 spiro atoms. The number of rotatable bonds is 3. The zero-order chi connectivity index (χ0) is 8.85. The van der Waals surface area contributed by atoms with Crippen LogP contribution in [0.3, 0.4) is 0 Å². The van der Waals surface area contributed by atoms with Gasteiger partial charge in [0, 0.05) is 11.9 Å². The maximum atomic E-state index is 10.4. The summed E-state index contributed by atoms with van der Waals surface area (Å²) in [5.74, 6) is 0.483. The summed E-state index contributed by atoms with van der Waals surface area (Å²) < 4.78 is 0. The minimum atomic E-state index is 0.0327. The Balaban J connectivity index is 4.01. The minimum Gasteiger partial charge on any atom is -0.295 e. The summed E-state index contributed by atoms with van der Waals surface area (Å²) in [6, 6.07) is 0. The fraction of sp³-hybridized carbons (Fsp3) is 0.556. The Morgan fingerprint density at radius 1 is 1.36 bits per heavy atom. The molecule has 0 rings (SSSR count). The van der Waals surface area contributed by atoms with Gasteiger partial charge in [0.1, 0.15) is 0 Å². The van der Waals surface area contributed by atoms with Gasteiger partial charge < -0.3 is 0 Å². The summed E-state index contributed by atoms with van der Waals surface area (Å²) in [5.41, 5.74) is 1.04. The second-order valence-corrected chi connectivity index (χ2v) is 2.85. The highest BCUT2D eigenvalue weighted by molar-refractivity contribution is 5.88. The molecule has 0 N–H and O–H groups in total. The average molecular weight is 153 g/mol. The van der Waals surface area contributed by atoms with Crippen molar-refractivity contribution in [3.05, 3.63) is 12.3 Å². The van der Waals surface area contributed by atoms with Crippen molar-refractivity contribution in [1.82, 2.24) is 0 Å². The van der Waals surface area contributed by atoms with Crippen molar-refractivity contribution in [2.75, 3.05) is 0 Å². The van der Waals surface area contributed by atoms with E-state index >= 15 is 0 Å². The molecule has 0 unspecified atom stereocenters. The van der Waals surface area contributed by atoms with Crippen LogP contribution in [0, 0.1) is 5.92 Å². The number of hydrogen-bond donors (Lipinski definition) is 0. The topological polar surface area (TPSA) is 29.4 Å². The number of carbonyl (C=O) groups is 1. The molecule has 2 heteroatoms. The SMILES string of the molecule is CC(=O)/C=C\N=C(C)C(C)C. The molecule has 0 fully saturated rings. The molecule has 0 aromatic heterocycles. The second kappa shape index (κ2) is 4.83. The van der Waals surface area contributed by atoms with Gasteiger partial charge in [-0.15, -0.1) is 0 Å². The van der Waals surface area contributed by atoms with Crippen LogP contribution in [0.1, 0.15) is 27.7 Å². The molecule has 0 amide bonds. The number of aliphatic imine (C=N–C) groups is 1. The van der Waals surface area contributed by atoms with E-state index in [0.29, 0.717) is 5.92 Å². The van der Waals surface area contributed by atoms with Crippen LogP contribution in [0.25, 0.3) is 0 Å². The first-order valence-electron chi connectivity index (χ1n) is 3.75. The standard InChI is InChI=1S/C9H15NO/c1-7(2)9(4)10-6-5-8(3)11/h5-7H,1-4H3/b6-5-,10-9?. The van der Waals surface area contributed by atoms with Gasteiger partial charge in [0.05, 0.1) is 0 Å². The zero-order valence-electron chi connectivity index (χ0n) is 7.59. The minimum absolute atomic E-state index is 0.0327. The molecule has 0 saturated carbocycles. The van der Waals surface area contributed by atoms with E-state index in [0.717, 1.165) is 5.71 Å². The van der Waals surface area contributed by atoms with Crippen molar-refractivity contribution in [3.8, 4) is 0 Å². The monoisotopic (exact) mass is 153 g/mol. The van der Waals surface area contributed by atoms with Crippen LogP contribution in [0.2, 0.25) is 0 Å². The van der Waals surface area contributed by atoms with Crippen LogP contribution in [0.4, 0.5) is 0 Å². The van der Waals surface area contributed by atoms with E-state index in [2.05, 4.69) is 18.8 Å². The Kier molecular flexibility index (Phi) is 4.42. The highest BCUT2D eigenvalue weighted by atomic mass is 16.1. The van der Waals surface area contributed by atoms with E-state index in [-0.39, 0.29) is 5.78 Å². The largest absolute Gasteiger partial charge is 0.295 e. The van der Waals surface area contributed by atoms with Crippen molar-refractivity contribution in [2.24, 2.45) is 10.9 Å². The third-order valence-electron chi connectivity index (χ3n) is 1.42. The second-order valence-electron chi connectivity index (χ2n) is 2.85. The van der Waals surface area contributed by atoms with Crippen molar-refractivity contribution in [1.29, 1.82) is 0 Å². The third kappa shape index (κ3) is 5.52. The number of ketones is 1. The van der Waals surface area contributed by atoms with Gasteiger partial charge >= 0.3 is 0 Å². The molecule has 0 radical (unpaired) electrons. The molecule has 0 atom stereocenters. The van der Waals surface area contributed by atoms with Crippen LogP contribution in [-0.4, -0.2) is 11.5 Å². The predicted molar refractivity (Wildman–Crippen MR) is 47.8 cm³/mol. The van der Waals surface area contributed by atoms with Crippen LogP contribution in [-0.2, 0) is 4.79 Å². The molecular formula is C9H15NO. The summed E-state index contributed by atoms with van der Waals surface area (Å²) >= 11 is 0. The molecule has 0 aliphatic rings. The normalized spacial score (nSPS) is 13.0. The first-order valence-corrected chi connectivity index (χ1v) is 3.75. The highest BCUT2D eigenvalue weighted by Gasteiger charge is 1.94. The van der Waals surface area contributed by atoms with E-state index < -0.39 is 0 Å². The third-order valence-corrected chi connectivity index (χ3v) is 1.42. The predicted octanol–water partition coefficient (Wildman–Crippen LogP) is 2.21. The highest BCUT2D eigenvalue weighted by Crippen LogP contribution is 1.96. The average Bonchev–Trinajstić information content (AvgIpc) is 1.86. The molecule has 0 bridgehead atoms.